The first kappa shape index (κ1) is 14.5. The normalized spacial score (nSPS) is 14.3. The Kier molecular flexibility index (Phi) is 5.43. The highest BCUT2D eigenvalue weighted by molar-refractivity contribution is 7.84. The summed E-state index contributed by atoms with van der Waals surface area (Å²) < 4.78 is 11.9. The third-order valence-corrected chi connectivity index (χ3v) is 4.48. The van der Waals surface area contributed by atoms with E-state index in [1.165, 1.54) is 0 Å². The number of hydrogen-bond donors (Lipinski definition) is 1. The van der Waals surface area contributed by atoms with E-state index in [0.717, 1.165) is 0 Å². The van der Waals surface area contributed by atoms with Gasteiger partial charge in [-0.25, -0.2) is 0 Å². The van der Waals surface area contributed by atoms with Crippen molar-refractivity contribution < 1.29 is 14.1 Å². The third-order valence-electron chi connectivity index (χ3n) is 2.22. The molecule has 0 aliphatic rings. The van der Waals surface area contributed by atoms with E-state index in [1.54, 1.807) is 25.1 Å². The molecular formula is C11H12Cl2O3S. The van der Waals surface area contributed by atoms with Gasteiger partial charge in [-0.1, -0.05) is 30.1 Å². The zero-order valence-corrected chi connectivity index (χ0v) is 11.5. The van der Waals surface area contributed by atoms with Gasteiger partial charge in [0.05, 0.1) is 12.2 Å². The molecule has 0 aliphatic carbocycles. The third kappa shape index (κ3) is 4.66. The van der Waals surface area contributed by atoms with Crippen LogP contribution in [0, 0.1) is 0 Å². The van der Waals surface area contributed by atoms with E-state index in [0.29, 0.717) is 15.6 Å². The molecule has 0 saturated heterocycles. The maximum atomic E-state index is 11.9. The van der Waals surface area contributed by atoms with E-state index in [1.807, 2.05) is 0 Å². The second kappa shape index (κ2) is 6.38. The van der Waals surface area contributed by atoms with Crippen LogP contribution in [0.4, 0.5) is 0 Å². The van der Waals surface area contributed by atoms with Crippen molar-refractivity contribution in [2.75, 3.05) is 0 Å². The smallest absolute Gasteiger partial charge is 0.304 e. The van der Waals surface area contributed by atoms with Gasteiger partial charge in [0, 0.05) is 26.1 Å². The number of benzene rings is 1. The molecule has 17 heavy (non-hydrogen) atoms. The lowest BCUT2D eigenvalue weighted by Gasteiger charge is -2.10. The first-order valence-electron chi connectivity index (χ1n) is 4.93. The first-order chi connectivity index (χ1) is 7.90. The summed E-state index contributed by atoms with van der Waals surface area (Å²) in [7, 11) is -1.28. The molecule has 0 fully saturated rings. The Bertz CT molecular complexity index is 448. The topological polar surface area (TPSA) is 54.4 Å². The number of hydrogen-bond acceptors (Lipinski definition) is 2. The summed E-state index contributed by atoms with van der Waals surface area (Å²) in [4.78, 5) is 10.5. The van der Waals surface area contributed by atoms with Crippen molar-refractivity contribution >= 4 is 40.0 Å². The molecule has 0 amide bonds. The number of aliphatic carboxylic acids is 1. The van der Waals surface area contributed by atoms with Crippen molar-refractivity contribution in [1.82, 2.24) is 0 Å². The lowest BCUT2D eigenvalue weighted by molar-refractivity contribution is -0.136. The Hall–Kier alpha value is -0.580. The number of carbonyl (C=O) groups is 1. The number of halogens is 2. The van der Waals surface area contributed by atoms with E-state index < -0.39 is 22.0 Å². The monoisotopic (exact) mass is 294 g/mol. The molecule has 2 unspecified atom stereocenters. The van der Waals surface area contributed by atoms with Gasteiger partial charge in [-0.05, 0) is 23.8 Å². The standard InChI is InChI=1S/C11H12Cl2O3S/c1-7(4-11(14)15)17(16)6-8-5-9(12)2-3-10(8)13/h2-3,5,7H,4,6H2,1H3,(H,14,15). The fourth-order valence-electron chi connectivity index (χ4n) is 1.29. The van der Waals surface area contributed by atoms with Crippen LogP contribution in [0.5, 0.6) is 0 Å². The van der Waals surface area contributed by atoms with Crippen LogP contribution in [0.25, 0.3) is 0 Å². The van der Waals surface area contributed by atoms with Crippen molar-refractivity contribution in [3.05, 3.63) is 33.8 Å². The van der Waals surface area contributed by atoms with Crippen LogP contribution >= 0.6 is 23.2 Å². The van der Waals surface area contributed by atoms with Gasteiger partial charge in [-0.3, -0.25) is 9.00 Å². The zero-order valence-electron chi connectivity index (χ0n) is 9.15. The summed E-state index contributed by atoms with van der Waals surface area (Å²) >= 11 is 11.8. The van der Waals surface area contributed by atoms with Gasteiger partial charge in [0.2, 0.25) is 0 Å². The van der Waals surface area contributed by atoms with Crippen molar-refractivity contribution in [3.63, 3.8) is 0 Å². The minimum absolute atomic E-state index is 0.120. The van der Waals surface area contributed by atoms with Gasteiger partial charge < -0.3 is 5.11 Å². The predicted octanol–water partition coefficient (Wildman–Crippen LogP) is 3.11. The minimum Gasteiger partial charge on any atom is -0.481 e. The van der Waals surface area contributed by atoms with Crippen LogP contribution in [-0.4, -0.2) is 20.5 Å². The first-order valence-corrected chi connectivity index (χ1v) is 7.07. The summed E-state index contributed by atoms with van der Waals surface area (Å²) in [6.07, 6.45) is -0.120. The van der Waals surface area contributed by atoms with E-state index in [2.05, 4.69) is 0 Å². The molecule has 1 N–H and O–H groups in total. The molecule has 0 radical (unpaired) electrons. The fourth-order valence-corrected chi connectivity index (χ4v) is 2.90. The molecule has 0 spiro atoms. The van der Waals surface area contributed by atoms with Gasteiger partial charge in [0.25, 0.3) is 0 Å². The Morgan fingerprint density at radius 1 is 1.47 bits per heavy atom. The van der Waals surface area contributed by atoms with E-state index in [-0.39, 0.29) is 12.2 Å². The molecular weight excluding hydrogens is 283 g/mol. The highest BCUT2D eigenvalue weighted by Crippen LogP contribution is 2.23. The molecule has 1 aromatic carbocycles. The highest BCUT2D eigenvalue weighted by Gasteiger charge is 2.16. The zero-order chi connectivity index (χ0) is 13.0. The lowest BCUT2D eigenvalue weighted by atomic mass is 10.2. The van der Waals surface area contributed by atoms with Crippen molar-refractivity contribution in [3.8, 4) is 0 Å². The summed E-state index contributed by atoms with van der Waals surface area (Å²) in [5.74, 6) is -0.739. The SMILES string of the molecule is CC(CC(=O)O)S(=O)Cc1cc(Cl)ccc1Cl. The Balaban J connectivity index is 2.73. The second-order valence-electron chi connectivity index (χ2n) is 3.67. The molecule has 94 valence electrons. The average Bonchev–Trinajstić information content (AvgIpc) is 2.22. The van der Waals surface area contributed by atoms with Crippen LogP contribution in [0.3, 0.4) is 0 Å². The van der Waals surface area contributed by atoms with Gasteiger partial charge in [0.15, 0.2) is 0 Å². The molecule has 0 saturated carbocycles. The van der Waals surface area contributed by atoms with Crippen LogP contribution < -0.4 is 0 Å². The van der Waals surface area contributed by atoms with E-state index in [4.69, 9.17) is 28.3 Å². The minimum atomic E-state index is -1.28. The average molecular weight is 295 g/mol. The fraction of sp³-hybridized carbons (Fsp3) is 0.364. The molecule has 0 bridgehead atoms. The maximum absolute atomic E-state index is 11.9. The van der Waals surface area contributed by atoms with Crippen molar-refractivity contribution in [2.45, 2.75) is 24.3 Å². The van der Waals surface area contributed by atoms with E-state index >= 15 is 0 Å². The summed E-state index contributed by atoms with van der Waals surface area (Å²) in [5, 5.41) is 9.21. The number of rotatable bonds is 5. The van der Waals surface area contributed by atoms with Gasteiger partial charge >= 0.3 is 5.97 Å². The van der Waals surface area contributed by atoms with Crippen LogP contribution in [0.1, 0.15) is 18.9 Å². The lowest BCUT2D eigenvalue weighted by Crippen LogP contribution is -2.17. The van der Waals surface area contributed by atoms with Crippen molar-refractivity contribution in [1.29, 1.82) is 0 Å². The molecule has 6 heteroatoms. The van der Waals surface area contributed by atoms with Gasteiger partial charge in [0.1, 0.15) is 0 Å². The van der Waals surface area contributed by atoms with Crippen LogP contribution in [0.2, 0.25) is 10.0 Å². The summed E-state index contributed by atoms with van der Waals surface area (Å²) in [5.41, 5.74) is 0.676. The maximum Gasteiger partial charge on any atom is 0.304 e. The molecule has 1 rings (SSSR count). The Labute approximate surface area is 112 Å². The highest BCUT2D eigenvalue weighted by atomic mass is 35.5. The van der Waals surface area contributed by atoms with E-state index in [9.17, 15) is 9.00 Å². The predicted molar refractivity (Wildman–Crippen MR) is 70.0 cm³/mol. The number of carboxylic acid groups (broad SMARTS) is 1. The quantitative estimate of drug-likeness (QED) is 0.908. The molecule has 0 heterocycles. The van der Waals surface area contributed by atoms with Gasteiger partial charge in [-0.2, -0.15) is 0 Å². The summed E-state index contributed by atoms with van der Waals surface area (Å²) in [6, 6.07) is 4.94. The van der Waals surface area contributed by atoms with Crippen LogP contribution in [-0.2, 0) is 21.3 Å². The number of carboxylic acids is 1. The molecule has 1 aromatic rings. The van der Waals surface area contributed by atoms with Gasteiger partial charge in [-0.15, -0.1) is 0 Å². The molecule has 2 atom stereocenters. The van der Waals surface area contributed by atoms with Crippen LogP contribution in [0.15, 0.2) is 18.2 Å². The molecule has 3 nitrogen and oxygen atoms in total. The summed E-state index contributed by atoms with van der Waals surface area (Å²) in [6.45, 7) is 1.64. The Morgan fingerprint density at radius 2 is 2.12 bits per heavy atom. The molecule has 0 aromatic heterocycles. The Morgan fingerprint density at radius 3 is 2.71 bits per heavy atom. The largest absolute Gasteiger partial charge is 0.481 e. The second-order valence-corrected chi connectivity index (χ2v) is 6.37. The van der Waals surface area contributed by atoms with Crippen molar-refractivity contribution in [2.24, 2.45) is 0 Å². The molecule has 0 aliphatic heterocycles.